The summed E-state index contributed by atoms with van der Waals surface area (Å²) in [7, 11) is -1.84. The van der Waals surface area contributed by atoms with Crippen molar-refractivity contribution in [2.45, 2.75) is 29.3 Å². The van der Waals surface area contributed by atoms with E-state index in [0.717, 1.165) is 0 Å². The first-order valence-electron chi connectivity index (χ1n) is 4.63. The van der Waals surface area contributed by atoms with Crippen LogP contribution in [0.2, 0.25) is 0 Å². The van der Waals surface area contributed by atoms with E-state index in [1.54, 1.807) is 7.05 Å². The molecule has 1 saturated carbocycles. The second-order valence-corrected chi connectivity index (χ2v) is 5.96. The highest BCUT2D eigenvalue weighted by Crippen LogP contribution is 2.26. The molecule has 0 aromatic carbocycles. The summed E-state index contributed by atoms with van der Waals surface area (Å²) < 4.78 is 27.5. The molecular formula is C8H12ClN3O2S. The Morgan fingerprint density at radius 2 is 2.27 bits per heavy atom. The number of hydrogen-bond acceptors (Lipinski definition) is 3. The molecule has 84 valence electrons. The lowest BCUT2D eigenvalue weighted by molar-refractivity contribution is 0.390. The number of halogens is 1. The average Bonchev–Trinajstić information content (AvgIpc) is 2.48. The van der Waals surface area contributed by atoms with Crippen LogP contribution < -0.4 is 4.72 Å². The van der Waals surface area contributed by atoms with Gasteiger partial charge in [0.25, 0.3) is 10.0 Å². The lowest BCUT2D eigenvalue weighted by Gasteiger charge is -2.31. The molecule has 15 heavy (non-hydrogen) atoms. The molecule has 0 unspecified atom stereocenters. The first-order chi connectivity index (χ1) is 6.99. The Morgan fingerprint density at radius 1 is 1.60 bits per heavy atom. The van der Waals surface area contributed by atoms with Crippen molar-refractivity contribution in [2.75, 3.05) is 0 Å². The van der Waals surface area contributed by atoms with E-state index >= 15 is 0 Å². The van der Waals surface area contributed by atoms with E-state index in [1.807, 2.05) is 0 Å². The summed E-state index contributed by atoms with van der Waals surface area (Å²) in [6.45, 7) is 0. The number of nitrogens with one attached hydrogen (secondary N) is 1. The van der Waals surface area contributed by atoms with Gasteiger partial charge in [0, 0.05) is 18.5 Å². The van der Waals surface area contributed by atoms with Gasteiger partial charge in [-0.2, -0.15) is 5.10 Å². The van der Waals surface area contributed by atoms with Gasteiger partial charge in [-0.25, -0.2) is 13.1 Å². The standard InChI is InChI=1S/C8H12ClN3O2S/c1-12-8(2-3-10-12)15(13,14)11-7-4-6(9)5-7/h2-3,6-7,11H,4-5H2,1H3. The third-order valence-corrected chi connectivity index (χ3v) is 4.40. The maximum Gasteiger partial charge on any atom is 0.257 e. The second-order valence-electron chi connectivity index (χ2n) is 3.68. The number of hydrogen-bond donors (Lipinski definition) is 1. The summed E-state index contributed by atoms with van der Waals surface area (Å²) in [5.74, 6) is 0. The molecule has 1 aliphatic carbocycles. The fourth-order valence-electron chi connectivity index (χ4n) is 1.55. The summed E-state index contributed by atoms with van der Waals surface area (Å²) in [6.07, 6.45) is 2.84. The summed E-state index contributed by atoms with van der Waals surface area (Å²) in [4.78, 5) is 0. The fraction of sp³-hybridized carbons (Fsp3) is 0.625. The van der Waals surface area contributed by atoms with Crippen LogP contribution in [0.25, 0.3) is 0 Å². The Labute approximate surface area is 93.5 Å². The monoisotopic (exact) mass is 249 g/mol. The number of nitrogens with zero attached hydrogens (tertiary/aromatic N) is 2. The predicted molar refractivity (Wildman–Crippen MR) is 56.2 cm³/mol. The van der Waals surface area contributed by atoms with E-state index in [2.05, 4.69) is 9.82 Å². The van der Waals surface area contributed by atoms with Crippen LogP contribution in [0.1, 0.15) is 12.8 Å². The van der Waals surface area contributed by atoms with E-state index < -0.39 is 10.0 Å². The molecule has 0 aliphatic heterocycles. The number of aryl methyl sites for hydroxylation is 1. The first-order valence-corrected chi connectivity index (χ1v) is 6.55. The molecule has 0 amide bonds. The molecule has 5 nitrogen and oxygen atoms in total. The van der Waals surface area contributed by atoms with Crippen LogP contribution in [-0.4, -0.2) is 29.6 Å². The maximum absolute atomic E-state index is 11.8. The van der Waals surface area contributed by atoms with Gasteiger partial charge in [-0.15, -0.1) is 11.6 Å². The minimum atomic E-state index is -3.44. The maximum atomic E-state index is 11.8. The van der Waals surface area contributed by atoms with Crippen molar-refractivity contribution in [3.63, 3.8) is 0 Å². The molecule has 1 N–H and O–H groups in total. The van der Waals surface area contributed by atoms with Gasteiger partial charge < -0.3 is 0 Å². The summed E-state index contributed by atoms with van der Waals surface area (Å²) >= 11 is 5.78. The highest BCUT2D eigenvalue weighted by atomic mass is 35.5. The van der Waals surface area contributed by atoms with Crippen molar-refractivity contribution >= 4 is 21.6 Å². The third kappa shape index (κ3) is 2.16. The number of sulfonamides is 1. The third-order valence-electron chi connectivity index (χ3n) is 2.45. The molecule has 1 aliphatic rings. The topological polar surface area (TPSA) is 64.0 Å². The average molecular weight is 250 g/mol. The lowest BCUT2D eigenvalue weighted by atomic mass is 9.94. The van der Waals surface area contributed by atoms with E-state index in [-0.39, 0.29) is 16.4 Å². The lowest BCUT2D eigenvalue weighted by Crippen LogP contribution is -2.45. The Balaban J connectivity index is 2.11. The van der Waals surface area contributed by atoms with Gasteiger partial charge in [-0.3, -0.25) is 4.68 Å². The van der Waals surface area contributed by atoms with Gasteiger partial charge in [-0.1, -0.05) is 0 Å². The zero-order valence-corrected chi connectivity index (χ0v) is 9.79. The molecule has 1 heterocycles. The Hall–Kier alpha value is -0.590. The number of rotatable bonds is 3. The highest BCUT2D eigenvalue weighted by Gasteiger charge is 2.32. The van der Waals surface area contributed by atoms with E-state index in [4.69, 9.17) is 11.6 Å². The van der Waals surface area contributed by atoms with Crippen LogP contribution in [0.4, 0.5) is 0 Å². The van der Waals surface area contributed by atoms with Crippen molar-refractivity contribution in [3.8, 4) is 0 Å². The summed E-state index contributed by atoms with van der Waals surface area (Å²) in [5.41, 5.74) is 0. The highest BCUT2D eigenvalue weighted by molar-refractivity contribution is 7.89. The molecule has 1 aromatic heterocycles. The minimum absolute atomic E-state index is 0.0348. The second kappa shape index (κ2) is 3.77. The summed E-state index contributed by atoms with van der Waals surface area (Å²) in [5, 5.41) is 4.10. The van der Waals surface area contributed by atoms with Gasteiger partial charge >= 0.3 is 0 Å². The van der Waals surface area contributed by atoms with Crippen molar-refractivity contribution in [1.82, 2.24) is 14.5 Å². The zero-order chi connectivity index (χ0) is 11.1. The minimum Gasteiger partial charge on any atom is -0.256 e. The SMILES string of the molecule is Cn1nccc1S(=O)(=O)NC1CC(Cl)C1. The van der Waals surface area contributed by atoms with Crippen LogP contribution >= 0.6 is 11.6 Å². The van der Waals surface area contributed by atoms with Crippen LogP contribution in [-0.2, 0) is 17.1 Å². The van der Waals surface area contributed by atoms with Crippen LogP contribution in [0, 0.1) is 0 Å². The zero-order valence-electron chi connectivity index (χ0n) is 8.22. The van der Waals surface area contributed by atoms with Gasteiger partial charge in [0.1, 0.15) is 0 Å². The van der Waals surface area contributed by atoms with E-state index in [9.17, 15) is 8.42 Å². The van der Waals surface area contributed by atoms with Gasteiger partial charge in [-0.05, 0) is 18.9 Å². The van der Waals surface area contributed by atoms with Crippen molar-refractivity contribution in [2.24, 2.45) is 7.05 Å². The molecule has 1 fully saturated rings. The van der Waals surface area contributed by atoms with Gasteiger partial charge in [0.05, 0.1) is 6.20 Å². The number of aromatic nitrogens is 2. The smallest absolute Gasteiger partial charge is 0.256 e. The molecule has 0 bridgehead atoms. The van der Waals surface area contributed by atoms with E-state index in [1.165, 1.54) is 16.9 Å². The number of alkyl halides is 1. The van der Waals surface area contributed by atoms with Gasteiger partial charge in [0.15, 0.2) is 5.03 Å². The largest absolute Gasteiger partial charge is 0.257 e. The Kier molecular flexibility index (Phi) is 2.74. The molecule has 2 rings (SSSR count). The fourth-order valence-corrected chi connectivity index (χ4v) is 3.37. The molecule has 1 aromatic rings. The van der Waals surface area contributed by atoms with Crippen molar-refractivity contribution < 1.29 is 8.42 Å². The molecule has 0 atom stereocenters. The first kappa shape index (κ1) is 10.9. The molecule has 0 radical (unpaired) electrons. The van der Waals surface area contributed by atoms with E-state index in [0.29, 0.717) is 12.8 Å². The normalized spacial score (nSPS) is 26.3. The molecular weight excluding hydrogens is 238 g/mol. The molecule has 7 heteroatoms. The van der Waals surface area contributed by atoms with Gasteiger partial charge in [0.2, 0.25) is 0 Å². The Bertz CT molecular complexity index is 450. The van der Waals surface area contributed by atoms with Crippen LogP contribution in [0.3, 0.4) is 0 Å². The van der Waals surface area contributed by atoms with Crippen molar-refractivity contribution in [1.29, 1.82) is 0 Å². The Morgan fingerprint density at radius 3 is 2.73 bits per heavy atom. The van der Waals surface area contributed by atoms with Crippen LogP contribution in [0.5, 0.6) is 0 Å². The molecule has 0 saturated heterocycles. The predicted octanol–water partition coefficient (Wildman–Crippen LogP) is 0.468. The quantitative estimate of drug-likeness (QED) is 0.792. The summed E-state index contributed by atoms with van der Waals surface area (Å²) in [6, 6.07) is 1.44. The molecule has 0 spiro atoms. The van der Waals surface area contributed by atoms with Crippen LogP contribution in [0.15, 0.2) is 17.3 Å². The van der Waals surface area contributed by atoms with Crippen molar-refractivity contribution in [3.05, 3.63) is 12.3 Å².